The lowest BCUT2D eigenvalue weighted by molar-refractivity contribution is -0.383. The molecular formula is C13H15N5O2. The number of nitro benzene ring substituents is 1. The van der Waals surface area contributed by atoms with Gasteiger partial charge in [-0.1, -0.05) is 6.07 Å². The maximum atomic E-state index is 11.2. The van der Waals surface area contributed by atoms with Gasteiger partial charge >= 0.3 is 5.69 Å². The molecule has 2 aromatic rings. The van der Waals surface area contributed by atoms with Crippen molar-refractivity contribution in [1.82, 2.24) is 9.97 Å². The molecule has 7 heteroatoms. The molecule has 0 amide bonds. The fourth-order valence-electron chi connectivity index (χ4n) is 1.87. The maximum Gasteiger partial charge on any atom is 0.315 e. The molecule has 0 saturated heterocycles. The number of para-hydroxylation sites is 1. The first-order valence-corrected chi connectivity index (χ1v) is 6.09. The first-order chi connectivity index (χ1) is 9.61. The van der Waals surface area contributed by atoms with Gasteiger partial charge in [0, 0.05) is 13.2 Å². The van der Waals surface area contributed by atoms with Crippen LogP contribution in [-0.4, -0.2) is 21.9 Å². The molecule has 0 aliphatic heterocycles. The third kappa shape index (κ3) is 3.00. The van der Waals surface area contributed by atoms with Gasteiger partial charge in [-0.05, 0) is 25.1 Å². The van der Waals surface area contributed by atoms with E-state index in [1.165, 1.54) is 0 Å². The average Bonchev–Trinajstić information content (AvgIpc) is 2.44. The molecule has 0 aliphatic rings. The van der Waals surface area contributed by atoms with E-state index in [9.17, 15) is 10.1 Å². The van der Waals surface area contributed by atoms with E-state index < -0.39 is 4.92 Å². The first-order valence-electron chi connectivity index (χ1n) is 6.09. The second kappa shape index (κ2) is 5.96. The van der Waals surface area contributed by atoms with Crippen molar-refractivity contribution in [3.05, 3.63) is 52.1 Å². The molecule has 7 nitrogen and oxygen atoms in total. The van der Waals surface area contributed by atoms with E-state index >= 15 is 0 Å². The summed E-state index contributed by atoms with van der Waals surface area (Å²) in [7, 11) is 1.65. The number of nitrogens with one attached hydrogen (secondary N) is 2. The van der Waals surface area contributed by atoms with Crippen molar-refractivity contribution in [2.75, 3.05) is 17.7 Å². The summed E-state index contributed by atoms with van der Waals surface area (Å²) < 4.78 is 0. The van der Waals surface area contributed by atoms with Crippen LogP contribution in [0.15, 0.2) is 30.5 Å². The van der Waals surface area contributed by atoms with Crippen LogP contribution in [0.5, 0.6) is 0 Å². The predicted molar refractivity (Wildman–Crippen MR) is 76.7 cm³/mol. The Balaban J connectivity index is 2.23. The smallest absolute Gasteiger partial charge is 0.315 e. The number of benzene rings is 1. The summed E-state index contributed by atoms with van der Waals surface area (Å²) in [5, 5.41) is 17.0. The Kier molecular flexibility index (Phi) is 4.09. The number of hydrogen-bond donors (Lipinski definition) is 2. The standard InChI is InChI=1S/C13H15N5O2/c1-9-15-7-6-10(17-9)8-16-12-5-3-4-11(14-2)13(12)18(19)20/h3-7,14,16H,8H2,1-2H3. The van der Waals surface area contributed by atoms with Crippen LogP contribution in [0, 0.1) is 17.0 Å². The Labute approximate surface area is 116 Å². The molecule has 0 radical (unpaired) electrons. The summed E-state index contributed by atoms with van der Waals surface area (Å²) in [5.74, 6) is 0.669. The third-order valence-electron chi connectivity index (χ3n) is 2.78. The van der Waals surface area contributed by atoms with Crippen LogP contribution in [-0.2, 0) is 6.54 Å². The fourth-order valence-corrected chi connectivity index (χ4v) is 1.87. The van der Waals surface area contributed by atoms with E-state index in [4.69, 9.17) is 0 Å². The summed E-state index contributed by atoms with van der Waals surface area (Å²) in [5.41, 5.74) is 1.74. The Morgan fingerprint density at radius 3 is 2.70 bits per heavy atom. The van der Waals surface area contributed by atoms with Crippen molar-refractivity contribution < 1.29 is 4.92 Å². The molecule has 0 aliphatic carbocycles. The van der Waals surface area contributed by atoms with E-state index in [0.717, 1.165) is 5.69 Å². The van der Waals surface area contributed by atoms with Crippen molar-refractivity contribution in [3.8, 4) is 0 Å². The van der Waals surface area contributed by atoms with E-state index in [1.807, 2.05) is 0 Å². The van der Waals surface area contributed by atoms with Crippen LogP contribution >= 0.6 is 0 Å². The molecule has 0 saturated carbocycles. The van der Waals surface area contributed by atoms with E-state index in [2.05, 4.69) is 20.6 Å². The maximum absolute atomic E-state index is 11.2. The minimum Gasteiger partial charge on any atom is -0.382 e. The van der Waals surface area contributed by atoms with Crippen molar-refractivity contribution >= 4 is 17.1 Å². The number of hydrogen-bond acceptors (Lipinski definition) is 6. The topological polar surface area (TPSA) is 93.0 Å². The Morgan fingerprint density at radius 2 is 2.05 bits per heavy atom. The van der Waals surface area contributed by atoms with Gasteiger partial charge in [-0.2, -0.15) is 0 Å². The van der Waals surface area contributed by atoms with Gasteiger partial charge < -0.3 is 10.6 Å². The van der Waals surface area contributed by atoms with E-state index in [1.54, 1.807) is 44.4 Å². The largest absolute Gasteiger partial charge is 0.382 e. The van der Waals surface area contributed by atoms with Gasteiger partial charge in [0.1, 0.15) is 17.2 Å². The summed E-state index contributed by atoms with van der Waals surface area (Å²) in [6.45, 7) is 2.20. The lowest BCUT2D eigenvalue weighted by Gasteiger charge is -2.09. The second-order valence-corrected chi connectivity index (χ2v) is 4.16. The van der Waals surface area contributed by atoms with Crippen molar-refractivity contribution in [3.63, 3.8) is 0 Å². The molecule has 20 heavy (non-hydrogen) atoms. The molecule has 0 unspecified atom stereocenters. The molecule has 2 N–H and O–H groups in total. The highest BCUT2D eigenvalue weighted by molar-refractivity contribution is 5.75. The summed E-state index contributed by atoms with van der Waals surface area (Å²) in [6.07, 6.45) is 1.66. The average molecular weight is 273 g/mol. The summed E-state index contributed by atoms with van der Waals surface area (Å²) in [6, 6.07) is 6.87. The molecule has 0 fully saturated rings. The van der Waals surface area contributed by atoms with Gasteiger partial charge in [-0.3, -0.25) is 10.1 Å². The Morgan fingerprint density at radius 1 is 1.30 bits per heavy atom. The number of nitrogens with zero attached hydrogens (tertiary/aromatic N) is 3. The lowest BCUT2D eigenvalue weighted by Crippen LogP contribution is -2.06. The van der Waals surface area contributed by atoms with Gasteiger partial charge in [0.25, 0.3) is 0 Å². The fraction of sp³-hybridized carbons (Fsp3) is 0.231. The van der Waals surface area contributed by atoms with E-state index in [-0.39, 0.29) is 5.69 Å². The highest BCUT2D eigenvalue weighted by Crippen LogP contribution is 2.32. The van der Waals surface area contributed by atoms with Crippen LogP contribution < -0.4 is 10.6 Å². The van der Waals surface area contributed by atoms with Crippen LogP contribution in [0.2, 0.25) is 0 Å². The van der Waals surface area contributed by atoms with Gasteiger partial charge in [-0.25, -0.2) is 9.97 Å². The van der Waals surface area contributed by atoms with Crippen LogP contribution in [0.3, 0.4) is 0 Å². The second-order valence-electron chi connectivity index (χ2n) is 4.16. The molecule has 1 heterocycles. The third-order valence-corrected chi connectivity index (χ3v) is 2.78. The molecule has 0 bridgehead atoms. The normalized spacial score (nSPS) is 10.1. The first kappa shape index (κ1) is 13.7. The highest BCUT2D eigenvalue weighted by Gasteiger charge is 2.18. The summed E-state index contributed by atoms with van der Waals surface area (Å²) in [4.78, 5) is 19.0. The van der Waals surface area contributed by atoms with Gasteiger partial charge in [0.05, 0.1) is 17.2 Å². The Bertz CT molecular complexity index is 630. The van der Waals surface area contributed by atoms with Crippen LogP contribution in [0.1, 0.15) is 11.5 Å². The number of anilines is 2. The monoisotopic (exact) mass is 273 g/mol. The zero-order valence-electron chi connectivity index (χ0n) is 11.3. The molecular weight excluding hydrogens is 258 g/mol. The van der Waals surface area contributed by atoms with Crippen molar-refractivity contribution in [1.29, 1.82) is 0 Å². The number of aryl methyl sites for hydroxylation is 1. The molecule has 2 rings (SSSR count). The van der Waals surface area contributed by atoms with Gasteiger partial charge in [-0.15, -0.1) is 0 Å². The van der Waals surface area contributed by atoms with Crippen molar-refractivity contribution in [2.45, 2.75) is 13.5 Å². The Hall–Kier alpha value is -2.70. The summed E-state index contributed by atoms with van der Waals surface area (Å²) >= 11 is 0. The zero-order valence-corrected chi connectivity index (χ0v) is 11.3. The van der Waals surface area contributed by atoms with Crippen molar-refractivity contribution in [2.24, 2.45) is 0 Å². The molecule has 0 spiro atoms. The minimum absolute atomic E-state index is 0.0285. The quantitative estimate of drug-likeness (QED) is 0.641. The van der Waals surface area contributed by atoms with Gasteiger partial charge in [0.2, 0.25) is 0 Å². The zero-order chi connectivity index (χ0) is 14.5. The molecule has 0 atom stereocenters. The lowest BCUT2D eigenvalue weighted by atomic mass is 10.2. The molecule has 1 aromatic heterocycles. The highest BCUT2D eigenvalue weighted by atomic mass is 16.6. The number of rotatable bonds is 5. The minimum atomic E-state index is -0.403. The van der Waals surface area contributed by atoms with E-state index in [0.29, 0.717) is 23.7 Å². The molecule has 1 aromatic carbocycles. The van der Waals surface area contributed by atoms with Gasteiger partial charge in [0.15, 0.2) is 0 Å². The number of aromatic nitrogens is 2. The predicted octanol–water partition coefficient (Wildman–Crippen LogP) is 2.35. The van der Waals surface area contributed by atoms with Crippen LogP contribution in [0.25, 0.3) is 0 Å². The van der Waals surface area contributed by atoms with Crippen LogP contribution in [0.4, 0.5) is 17.1 Å². The molecule has 104 valence electrons. The SMILES string of the molecule is CNc1cccc(NCc2ccnc(C)n2)c1[N+](=O)[O-]. The number of nitro groups is 1.